The number of rotatable bonds is 3. The first-order valence-electron chi connectivity index (χ1n) is 8.23. The lowest BCUT2D eigenvalue weighted by Crippen LogP contribution is -2.13. The number of anilines is 1. The number of aromatic nitrogens is 4. The van der Waals surface area contributed by atoms with Crippen LogP contribution in [0, 0.1) is 6.92 Å². The van der Waals surface area contributed by atoms with Crippen LogP contribution in [0.25, 0.3) is 22.2 Å². The highest BCUT2D eigenvalue weighted by molar-refractivity contribution is 6.06. The summed E-state index contributed by atoms with van der Waals surface area (Å²) >= 11 is 0. The van der Waals surface area contributed by atoms with Crippen LogP contribution in [0.3, 0.4) is 0 Å². The minimum atomic E-state index is -0.198. The second-order valence-corrected chi connectivity index (χ2v) is 6.09. The summed E-state index contributed by atoms with van der Waals surface area (Å²) < 4.78 is 1.76. The minimum Gasteiger partial charge on any atom is -0.307 e. The summed E-state index contributed by atoms with van der Waals surface area (Å²) in [7, 11) is 1.87. The number of fused-ring (bicyclic) bond motifs is 1. The van der Waals surface area contributed by atoms with E-state index < -0.39 is 0 Å². The number of carbonyl (C=O) groups is 1. The molecule has 0 aliphatic heterocycles. The fraction of sp³-hybridized carbons (Fsp3) is 0.100. The van der Waals surface area contributed by atoms with Crippen LogP contribution in [0.1, 0.15) is 15.9 Å². The molecule has 0 unspecified atom stereocenters. The van der Waals surface area contributed by atoms with Gasteiger partial charge in [0.25, 0.3) is 5.91 Å². The molecule has 0 atom stereocenters. The Morgan fingerprint density at radius 1 is 1.04 bits per heavy atom. The summed E-state index contributed by atoms with van der Waals surface area (Å²) in [6, 6.07) is 13.1. The third kappa shape index (κ3) is 2.93. The lowest BCUT2D eigenvalue weighted by Gasteiger charge is -2.10. The van der Waals surface area contributed by atoms with Crippen molar-refractivity contribution in [3.8, 4) is 11.4 Å². The number of benzene rings is 1. The van der Waals surface area contributed by atoms with Crippen molar-refractivity contribution >= 4 is 22.5 Å². The Bertz CT molecular complexity index is 1120. The van der Waals surface area contributed by atoms with E-state index in [-0.39, 0.29) is 5.91 Å². The highest BCUT2D eigenvalue weighted by atomic mass is 16.1. The van der Waals surface area contributed by atoms with Crippen LogP contribution in [0.15, 0.2) is 61.1 Å². The molecule has 6 nitrogen and oxygen atoms in total. The molecular weight excluding hydrogens is 326 g/mol. The second kappa shape index (κ2) is 6.40. The van der Waals surface area contributed by atoms with Crippen molar-refractivity contribution in [3.05, 3.63) is 72.2 Å². The molecule has 0 saturated carbocycles. The van der Waals surface area contributed by atoms with Crippen LogP contribution in [-0.4, -0.2) is 25.7 Å². The summed E-state index contributed by atoms with van der Waals surface area (Å²) in [6.07, 6.45) is 5.22. The zero-order chi connectivity index (χ0) is 18.1. The van der Waals surface area contributed by atoms with Crippen molar-refractivity contribution in [1.82, 2.24) is 19.7 Å². The molecule has 0 bridgehead atoms. The number of hydrogen-bond donors (Lipinski definition) is 1. The topological polar surface area (TPSA) is 72.7 Å². The van der Waals surface area contributed by atoms with Crippen LogP contribution in [0.4, 0.5) is 5.82 Å². The van der Waals surface area contributed by atoms with E-state index in [0.29, 0.717) is 11.4 Å². The largest absolute Gasteiger partial charge is 0.307 e. The van der Waals surface area contributed by atoms with E-state index in [0.717, 1.165) is 27.7 Å². The SMILES string of the molecule is Cc1ccc(NC(=O)c2ccc3cnccc3c2)nc1-c1ccnn1C. The fourth-order valence-electron chi connectivity index (χ4n) is 2.88. The van der Waals surface area contributed by atoms with E-state index in [4.69, 9.17) is 0 Å². The Labute approximate surface area is 150 Å². The Balaban J connectivity index is 1.64. The van der Waals surface area contributed by atoms with Crippen molar-refractivity contribution in [2.24, 2.45) is 7.05 Å². The highest BCUT2D eigenvalue weighted by Crippen LogP contribution is 2.23. The molecule has 26 heavy (non-hydrogen) atoms. The standard InChI is InChI=1S/C20H17N5O/c1-13-3-6-18(23-19(13)17-8-10-22-25(17)2)24-20(26)15-4-5-16-12-21-9-7-14(16)11-15/h3-12H,1-2H3,(H,23,24,26). The van der Waals surface area contributed by atoms with Crippen molar-refractivity contribution in [2.75, 3.05) is 5.32 Å². The van der Waals surface area contributed by atoms with E-state index in [1.165, 1.54) is 0 Å². The second-order valence-electron chi connectivity index (χ2n) is 6.09. The van der Waals surface area contributed by atoms with Gasteiger partial charge in [-0.25, -0.2) is 4.98 Å². The molecule has 4 rings (SSSR count). The van der Waals surface area contributed by atoms with E-state index in [2.05, 4.69) is 20.4 Å². The van der Waals surface area contributed by atoms with E-state index in [1.807, 2.05) is 44.3 Å². The molecule has 6 heteroatoms. The zero-order valence-corrected chi connectivity index (χ0v) is 14.5. The van der Waals surface area contributed by atoms with Crippen LogP contribution in [-0.2, 0) is 7.05 Å². The normalized spacial score (nSPS) is 10.8. The predicted molar refractivity (Wildman–Crippen MR) is 101 cm³/mol. The molecule has 128 valence electrons. The molecule has 0 fully saturated rings. The predicted octanol–water partition coefficient (Wildman–Crippen LogP) is 3.59. The average Bonchev–Trinajstić information content (AvgIpc) is 3.08. The maximum Gasteiger partial charge on any atom is 0.256 e. The maximum atomic E-state index is 12.6. The van der Waals surface area contributed by atoms with Gasteiger partial charge in [0.1, 0.15) is 5.82 Å². The molecule has 3 aromatic heterocycles. The quantitative estimate of drug-likeness (QED) is 0.617. The lowest BCUT2D eigenvalue weighted by atomic mass is 10.1. The first-order valence-corrected chi connectivity index (χ1v) is 8.23. The van der Waals surface area contributed by atoms with Gasteiger partial charge in [-0.05, 0) is 48.2 Å². The monoisotopic (exact) mass is 343 g/mol. The van der Waals surface area contributed by atoms with Crippen LogP contribution in [0.5, 0.6) is 0 Å². The lowest BCUT2D eigenvalue weighted by molar-refractivity contribution is 0.102. The van der Waals surface area contributed by atoms with Gasteiger partial charge in [0.15, 0.2) is 0 Å². The molecule has 0 saturated heterocycles. The number of nitrogens with zero attached hydrogens (tertiary/aromatic N) is 4. The number of hydrogen-bond acceptors (Lipinski definition) is 4. The first kappa shape index (κ1) is 16.0. The van der Waals surface area contributed by atoms with Gasteiger partial charge < -0.3 is 5.32 Å². The van der Waals surface area contributed by atoms with E-state index in [9.17, 15) is 4.79 Å². The Morgan fingerprint density at radius 3 is 2.73 bits per heavy atom. The number of carbonyl (C=O) groups excluding carboxylic acids is 1. The molecule has 0 spiro atoms. The van der Waals surface area contributed by atoms with E-state index in [1.54, 1.807) is 35.4 Å². The molecule has 1 amide bonds. The van der Waals surface area contributed by atoms with Gasteiger partial charge in [0.05, 0.1) is 11.4 Å². The zero-order valence-electron chi connectivity index (χ0n) is 14.5. The summed E-state index contributed by atoms with van der Waals surface area (Å²) in [5.74, 6) is 0.308. The number of nitrogens with one attached hydrogen (secondary N) is 1. The fourth-order valence-corrected chi connectivity index (χ4v) is 2.88. The van der Waals surface area contributed by atoms with Gasteiger partial charge in [-0.1, -0.05) is 12.1 Å². The van der Waals surface area contributed by atoms with Crippen LogP contribution < -0.4 is 5.32 Å². The Hall–Kier alpha value is -3.54. The minimum absolute atomic E-state index is 0.198. The average molecular weight is 343 g/mol. The molecule has 3 heterocycles. The van der Waals surface area contributed by atoms with Crippen molar-refractivity contribution < 1.29 is 4.79 Å². The molecule has 4 aromatic rings. The number of amides is 1. The van der Waals surface area contributed by atoms with Gasteiger partial charge in [0.2, 0.25) is 0 Å². The molecule has 1 aromatic carbocycles. The van der Waals surface area contributed by atoms with Crippen molar-refractivity contribution in [2.45, 2.75) is 6.92 Å². The van der Waals surface area contributed by atoms with Gasteiger partial charge in [-0.3, -0.25) is 14.5 Å². The molecule has 0 radical (unpaired) electrons. The summed E-state index contributed by atoms with van der Waals surface area (Å²) in [5, 5.41) is 9.03. The summed E-state index contributed by atoms with van der Waals surface area (Å²) in [6.45, 7) is 1.98. The Morgan fingerprint density at radius 2 is 1.92 bits per heavy atom. The van der Waals surface area contributed by atoms with Gasteiger partial charge in [-0.15, -0.1) is 0 Å². The summed E-state index contributed by atoms with van der Waals surface area (Å²) in [4.78, 5) is 21.3. The van der Waals surface area contributed by atoms with Crippen molar-refractivity contribution in [1.29, 1.82) is 0 Å². The van der Waals surface area contributed by atoms with E-state index >= 15 is 0 Å². The van der Waals surface area contributed by atoms with Crippen molar-refractivity contribution in [3.63, 3.8) is 0 Å². The first-order chi connectivity index (χ1) is 12.6. The van der Waals surface area contributed by atoms with Gasteiger partial charge in [0, 0.05) is 36.6 Å². The molecule has 1 N–H and O–H groups in total. The van der Waals surface area contributed by atoms with Crippen LogP contribution >= 0.6 is 0 Å². The highest BCUT2D eigenvalue weighted by Gasteiger charge is 2.12. The van der Waals surface area contributed by atoms with Gasteiger partial charge >= 0.3 is 0 Å². The van der Waals surface area contributed by atoms with Crippen LogP contribution in [0.2, 0.25) is 0 Å². The summed E-state index contributed by atoms with van der Waals surface area (Å²) in [5.41, 5.74) is 3.29. The third-order valence-corrected chi connectivity index (χ3v) is 4.30. The molecule has 0 aliphatic carbocycles. The third-order valence-electron chi connectivity index (χ3n) is 4.30. The molecular formula is C20H17N5O. The van der Waals surface area contributed by atoms with Gasteiger partial charge in [-0.2, -0.15) is 5.10 Å². The Kier molecular flexibility index (Phi) is 3.93. The smallest absolute Gasteiger partial charge is 0.256 e. The number of aryl methyl sites for hydroxylation is 2. The number of pyridine rings is 2. The maximum absolute atomic E-state index is 12.6. The molecule has 0 aliphatic rings.